The molecule has 0 spiro atoms. The lowest BCUT2D eigenvalue weighted by atomic mass is 9.86. The fourth-order valence-electron chi connectivity index (χ4n) is 3.57. The van der Waals surface area contributed by atoms with Gasteiger partial charge >= 0.3 is 0 Å². The fraction of sp³-hybridized carbons (Fsp3) is 0.421. The Morgan fingerprint density at radius 2 is 1.96 bits per heavy atom. The first-order chi connectivity index (χ1) is 11.2. The molecule has 0 saturated heterocycles. The molecule has 1 aromatic heterocycles. The van der Waals surface area contributed by atoms with Crippen LogP contribution in [0.5, 0.6) is 0 Å². The van der Waals surface area contributed by atoms with Crippen LogP contribution in [0.4, 0.5) is 0 Å². The molecular formula is C19H21N3O. The van der Waals surface area contributed by atoms with E-state index in [1.165, 1.54) is 11.1 Å². The first-order valence-electron chi connectivity index (χ1n) is 8.43. The van der Waals surface area contributed by atoms with Crippen LogP contribution in [-0.4, -0.2) is 26.8 Å². The minimum atomic E-state index is 0.0294. The van der Waals surface area contributed by atoms with E-state index in [1.54, 1.807) is 12.4 Å². The van der Waals surface area contributed by atoms with Crippen LogP contribution in [0, 0.1) is 6.92 Å². The number of amides is 1. The molecule has 4 rings (SSSR count). The van der Waals surface area contributed by atoms with Crippen molar-refractivity contribution in [3.63, 3.8) is 0 Å². The van der Waals surface area contributed by atoms with E-state index in [2.05, 4.69) is 39.1 Å². The van der Waals surface area contributed by atoms with E-state index in [0.29, 0.717) is 11.7 Å². The zero-order valence-corrected chi connectivity index (χ0v) is 13.4. The molecule has 0 radical (unpaired) electrons. The van der Waals surface area contributed by atoms with Crippen LogP contribution < -0.4 is 0 Å². The number of benzene rings is 1. The van der Waals surface area contributed by atoms with Crippen LogP contribution in [0.2, 0.25) is 0 Å². The third kappa shape index (κ3) is 2.74. The van der Waals surface area contributed by atoms with Crippen LogP contribution in [0.25, 0.3) is 0 Å². The molecule has 2 aromatic rings. The number of hydrogen-bond acceptors (Lipinski definition) is 3. The molecule has 23 heavy (non-hydrogen) atoms. The Balaban J connectivity index is 1.69. The number of aromatic nitrogens is 2. The predicted octanol–water partition coefficient (Wildman–Crippen LogP) is 3.47. The van der Waals surface area contributed by atoms with Gasteiger partial charge in [-0.3, -0.25) is 9.78 Å². The van der Waals surface area contributed by atoms with Gasteiger partial charge in [0.15, 0.2) is 0 Å². The van der Waals surface area contributed by atoms with Gasteiger partial charge in [0.1, 0.15) is 5.69 Å². The van der Waals surface area contributed by atoms with Gasteiger partial charge in [0.25, 0.3) is 5.91 Å². The summed E-state index contributed by atoms with van der Waals surface area (Å²) in [7, 11) is 0. The largest absolute Gasteiger partial charge is 0.327 e. The van der Waals surface area contributed by atoms with Crippen molar-refractivity contribution >= 4 is 5.91 Å². The highest BCUT2D eigenvalue weighted by atomic mass is 16.2. The molecule has 1 fully saturated rings. The topological polar surface area (TPSA) is 46.1 Å². The van der Waals surface area contributed by atoms with Gasteiger partial charge in [-0.2, -0.15) is 0 Å². The van der Waals surface area contributed by atoms with E-state index in [4.69, 9.17) is 0 Å². The molecule has 2 aliphatic carbocycles. The summed E-state index contributed by atoms with van der Waals surface area (Å²) in [5.74, 6) is 0.0294. The van der Waals surface area contributed by atoms with Crippen LogP contribution in [0.1, 0.15) is 59.0 Å². The maximum absolute atomic E-state index is 13.1. The Hall–Kier alpha value is -2.23. The third-order valence-corrected chi connectivity index (χ3v) is 4.85. The molecule has 1 saturated carbocycles. The molecule has 4 nitrogen and oxygen atoms in total. The summed E-state index contributed by atoms with van der Waals surface area (Å²) in [6, 6.07) is 9.10. The summed E-state index contributed by atoms with van der Waals surface area (Å²) in [5, 5.41) is 0. The zero-order chi connectivity index (χ0) is 15.8. The van der Waals surface area contributed by atoms with E-state index in [0.717, 1.165) is 37.8 Å². The Morgan fingerprint density at radius 3 is 2.70 bits per heavy atom. The van der Waals surface area contributed by atoms with Crippen molar-refractivity contribution in [2.75, 3.05) is 0 Å². The molecule has 1 unspecified atom stereocenters. The van der Waals surface area contributed by atoms with Crippen LogP contribution >= 0.6 is 0 Å². The predicted molar refractivity (Wildman–Crippen MR) is 88.1 cm³/mol. The van der Waals surface area contributed by atoms with Crippen molar-refractivity contribution in [1.82, 2.24) is 14.9 Å². The molecule has 1 atom stereocenters. The van der Waals surface area contributed by atoms with Gasteiger partial charge in [-0.05, 0) is 50.2 Å². The van der Waals surface area contributed by atoms with Crippen LogP contribution in [-0.2, 0) is 6.42 Å². The highest BCUT2D eigenvalue weighted by molar-refractivity contribution is 5.92. The maximum Gasteiger partial charge on any atom is 0.274 e. The molecule has 0 N–H and O–H groups in total. The van der Waals surface area contributed by atoms with Crippen molar-refractivity contribution in [1.29, 1.82) is 0 Å². The number of fused-ring (bicyclic) bond motifs is 1. The van der Waals surface area contributed by atoms with E-state index >= 15 is 0 Å². The highest BCUT2D eigenvalue weighted by Crippen LogP contribution is 2.41. The maximum atomic E-state index is 13.1. The highest BCUT2D eigenvalue weighted by Gasteiger charge is 2.40. The second-order valence-corrected chi connectivity index (χ2v) is 6.59. The molecule has 1 aromatic carbocycles. The fourth-order valence-corrected chi connectivity index (χ4v) is 3.57. The number of nitrogens with zero attached hydrogens (tertiary/aromatic N) is 3. The standard InChI is InChI=1S/C19H21N3O/c1-13-11-21-17(12-20-13)19(23)22(15-9-10-15)18-8-4-6-14-5-2-3-7-16(14)18/h2-3,5,7,11-12,15,18H,4,6,8-10H2,1H3. The quantitative estimate of drug-likeness (QED) is 0.872. The molecule has 1 amide bonds. The van der Waals surface area contributed by atoms with Gasteiger partial charge in [0.2, 0.25) is 0 Å². The first kappa shape index (κ1) is 14.4. The van der Waals surface area contributed by atoms with E-state index in [9.17, 15) is 4.79 Å². The molecule has 1 heterocycles. The van der Waals surface area contributed by atoms with Crippen molar-refractivity contribution in [2.45, 2.75) is 51.1 Å². The van der Waals surface area contributed by atoms with Gasteiger partial charge < -0.3 is 4.90 Å². The molecule has 0 bridgehead atoms. The molecule has 0 aliphatic heterocycles. The number of rotatable bonds is 3. The molecule has 4 heteroatoms. The first-order valence-corrected chi connectivity index (χ1v) is 8.43. The minimum Gasteiger partial charge on any atom is -0.327 e. The minimum absolute atomic E-state index is 0.0294. The van der Waals surface area contributed by atoms with Gasteiger partial charge in [-0.25, -0.2) is 4.98 Å². The summed E-state index contributed by atoms with van der Waals surface area (Å²) in [5.41, 5.74) is 4.00. The monoisotopic (exact) mass is 307 g/mol. The lowest BCUT2D eigenvalue weighted by Gasteiger charge is -2.36. The lowest BCUT2D eigenvalue weighted by Crippen LogP contribution is -2.38. The summed E-state index contributed by atoms with van der Waals surface area (Å²) in [4.78, 5) is 23.7. The average molecular weight is 307 g/mol. The molecule has 118 valence electrons. The molecule has 2 aliphatic rings. The second kappa shape index (κ2) is 5.76. The smallest absolute Gasteiger partial charge is 0.274 e. The van der Waals surface area contributed by atoms with Crippen LogP contribution in [0.3, 0.4) is 0 Å². The third-order valence-electron chi connectivity index (χ3n) is 4.85. The summed E-state index contributed by atoms with van der Waals surface area (Å²) >= 11 is 0. The normalized spacial score (nSPS) is 20.0. The number of aryl methyl sites for hydroxylation is 2. The Bertz CT molecular complexity index is 722. The number of hydrogen-bond donors (Lipinski definition) is 0. The van der Waals surface area contributed by atoms with Crippen molar-refractivity contribution in [3.05, 3.63) is 59.2 Å². The van der Waals surface area contributed by atoms with Crippen molar-refractivity contribution in [2.24, 2.45) is 0 Å². The Morgan fingerprint density at radius 1 is 1.13 bits per heavy atom. The van der Waals surface area contributed by atoms with Crippen molar-refractivity contribution < 1.29 is 4.79 Å². The molecular weight excluding hydrogens is 286 g/mol. The van der Waals surface area contributed by atoms with Gasteiger partial charge in [-0.1, -0.05) is 24.3 Å². The van der Waals surface area contributed by atoms with Gasteiger partial charge in [-0.15, -0.1) is 0 Å². The summed E-state index contributed by atoms with van der Waals surface area (Å²) in [6.45, 7) is 1.89. The van der Waals surface area contributed by atoms with Gasteiger partial charge in [0, 0.05) is 12.2 Å². The number of carbonyl (C=O) groups excluding carboxylic acids is 1. The van der Waals surface area contributed by atoms with E-state index < -0.39 is 0 Å². The SMILES string of the molecule is Cc1cnc(C(=O)N(C2CC2)C2CCCc3ccccc32)cn1. The summed E-state index contributed by atoms with van der Waals surface area (Å²) < 4.78 is 0. The average Bonchev–Trinajstić information content (AvgIpc) is 3.41. The van der Waals surface area contributed by atoms with Crippen molar-refractivity contribution in [3.8, 4) is 0 Å². The Labute approximate surface area is 136 Å². The lowest BCUT2D eigenvalue weighted by molar-refractivity contribution is 0.0631. The van der Waals surface area contributed by atoms with E-state index in [-0.39, 0.29) is 11.9 Å². The zero-order valence-electron chi connectivity index (χ0n) is 13.4. The van der Waals surface area contributed by atoms with E-state index in [1.807, 2.05) is 6.92 Å². The van der Waals surface area contributed by atoms with Crippen LogP contribution in [0.15, 0.2) is 36.7 Å². The second-order valence-electron chi connectivity index (χ2n) is 6.59. The number of carbonyl (C=O) groups is 1. The Kier molecular flexibility index (Phi) is 3.60. The van der Waals surface area contributed by atoms with Gasteiger partial charge in [0.05, 0.1) is 17.9 Å². The summed E-state index contributed by atoms with van der Waals surface area (Å²) in [6.07, 6.45) is 8.78.